The van der Waals surface area contributed by atoms with Gasteiger partial charge in [-0.25, -0.2) is 0 Å². The first-order valence-corrected chi connectivity index (χ1v) is 11.8. The molecule has 168 valence electrons. The average Bonchev–Trinajstić information content (AvgIpc) is 3.57. The zero-order valence-electron chi connectivity index (χ0n) is 18.7. The molecule has 0 radical (unpaired) electrons. The Hall–Kier alpha value is -2.86. The quantitative estimate of drug-likeness (QED) is 0.737. The van der Waals surface area contributed by atoms with E-state index >= 15 is 0 Å². The number of carbonyl (C=O) groups is 2. The van der Waals surface area contributed by atoms with Gasteiger partial charge in [-0.1, -0.05) is 48.5 Å². The van der Waals surface area contributed by atoms with Crippen LogP contribution in [0.5, 0.6) is 0 Å². The second kappa shape index (κ2) is 8.58. The summed E-state index contributed by atoms with van der Waals surface area (Å²) >= 11 is 0. The maximum atomic E-state index is 12.8. The van der Waals surface area contributed by atoms with Crippen LogP contribution in [0, 0.1) is 5.92 Å². The number of hydrogen-bond donors (Lipinski definition) is 2. The van der Waals surface area contributed by atoms with Gasteiger partial charge in [-0.3, -0.25) is 9.59 Å². The summed E-state index contributed by atoms with van der Waals surface area (Å²) < 4.78 is 0. The molecule has 1 saturated carbocycles. The second-order valence-electron chi connectivity index (χ2n) is 9.53. The van der Waals surface area contributed by atoms with Crippen LogP contribution in [-0.2, 0) is 9.59 Å². The van der Waals surface area contributed by atoms with Crippen LogP contribution in [0.2, 0.25) is 0 Å². The van der Waals surface area contributed by atoms with Crippen molar-refractivity contribution in [1.82, 2.24) is 15.5 Å². The normalized spacial score (nSPS) is 25.4. The van der Waals surface area contributed by atoms with Gasteiger partial charge in [0.25, 0.3) is 0 Å². The van der Waals surface area contributed by atoms with E-state index in [1.807, 2.05) is 36.4 Å². The van der Waals surface area contributed by atoms with E-state index in [2.05, 4.69) is 51.6 Å². The minimum absolute atomic E-state index is 0.0937. The molecule has 6 nitrogen and oxygen atoms in total. The van der Waals surface area contributed by atoms with Gasteiger partial charge in [0.15, 0.2) is 0 Å². The molecule has 2 N–H and O–H groups in total. The number of benzene rings is 2. The van der Waals surface area contributed by atoms with Crippen molar-refractivity contribution in [3.05, 3.63) is 66.2 Å². The van der Waals surface area contributed by atoms with Gasteiger partial charge in [0, 0.05) is 37.3 Å². The molecule has 2 aromatic carbocycles. The third-order valence-electron chi connectivity index (χ3n) is 7.36. The molecule has 1 aliphatic carbocycles. The maximum Gasteiger partial charge on any atom is 0.247 e. The molecule has 2 amide bonds. The predicted octanol–water partition coefficient (Wildman–Crippen LogP) is 2.72. The Morgan fingerprint density at radius 2 is 1.75 bits per heavy atom. The molecule has 1 spiro atoms. The monoisotopic (exact) mass is 432 g/mol. The summed E-state index contributed by atoms with van der Waals surface area (Å²) in [6, 6.07) is 20.6. The summed E-state index contributed by atoms with van der Waals surface area (Å²) in [4.78, 5) is 30.1. The number of carbonyl (C=O) groups excluding carboxylic acids is 2. The maximum absolute atomic E-state index is 12.8. The highest BCUT2D eigenvalue weighted by Gasteiger charge is 2.50. The lowest BCUT2D eigenvalue weighted by atomic mass is 9.85. The van der Waals surface area contributed by atoms with Crippen molar-refractivity contribution in [3.8, 4) is 0 Å². The Morgan fingerprint density at radius 3 is 2.44 bits per heavy atom. The highest BCUT2D eigenvalue weighted by atomic mass is 16.2. The number of nitrogens with one attached hydrogen (secondary N) is 2. The standard InChI is InChI=1S/C26H32N4O2/c1-19(28-24(31)23-16-22(23)20-8-4-2-5-9-20)17-29-14-12-26(13-15-29)25(32)27-18-30(26)21-10-6-3-7-11-21/h2-11,19,22-23H,12-18H2,1H3,(H,27,32)(H,28,31)/t19-,22-,23+/m0/s1. The van der Waals surface area contributed by atoms with Crippen molar-refractivity contribution in [2.24, 2.45) is 5.92 Å². The third kappa shape index (κ3) is 3.99. The Morgan fingerprint density at radius 1 is 1.09 bits per heavy atom. The van der Waals surface area contributed by atoms with Gasteiger partial charge < -0.3 is 20.4 Å². The lowest BCUT2D eigenvalue weighted by Gasteiger charge is -2.43. The molecule has 3 aliphatic rings. The molecule has 3 fully saturated rings. The average molecular weight is 433 g/mol. The topological polar surface area (TPSA) is 64.7 Å². The zero-order valence-corrected chi connectivity index (χ0v) is 18.7. The number of hydrogen-bond acceptors (Lipinski definition) is 4. The van der Waals surface area contributed by atoms with Crippen molar-refractivity contribution in [2.45, 2.75) is 43.7 Å². The molecule has 32 heavy (non-hydrogen) atoms. The predicted molar refractivity (Wildman–Crippen MR) is 125 cm³/mol. The van der Waals surface area contributed by atoms with E-state index in [4.69, 9.17) is 0 Å². The van der Waals surface area contributed by atoms with Crippen molar-refractivity contribution in [3.63, 3.8) is 0 Å². The first kappa shape index (κ1) is 21.0. The molecule has 5 rings (SSSR count). The van der Waals surface area contributed by atoms with Gasteiger partial charge in [-0.15, -0.1) is 0 Å². The van der Waals surface area contributed by atoms with E-state index in [0.717, 1.165) is 44.6 Å². The van der Waals surface area contributed by atoms with E-state index in [1.54, 1.807) is 0 Å². The Labute approximate surface area is 190 Å². The molecule has 0 aromatic heterocycles. The fraction of sp³-hybridized carbons (Fsp3) is 0.462. The van der Waals surface area contributed by atoms with E-state index < -0.39 is 5.54 Å². The molecular weight excluding hydrogens is 400 g/mol. The van der Waals surface area contributed by atoms with Crippen molar-refractivity contribution >= 4 is 17.5 Å². The Kier molecular flexibility index (Phi) is 5.64. The molecule has 6 heteroatoms. The largest absolute Gasteiger partial charge is 0.352 e. The smallest absolute Gasteiger partial charge is 0.247 e. The third-order valence-corrected chi connectivity index (χ3v) is 7.36. The SMILES string of the molecule is C[C@@H](CN1CCC2(CC1)C(=O)NCN2c1ccccc1)NC(=O)[C@@H]1C[C@H]1c1ccccc1. The number of rotatable bonds is 6. The van der Waals surface area contributed by atoms with E-state index in [-0.39, 0.29) is 23.8 Å². The van der Waals surface area contributed by atoms with Gasteiger partial charge >= 0.3 is 0 Å². The summed E-state index contributed by atoms with van der Waals surface area (Å²) in [5.74, 6) is 0.780. The molecule has 3 atom stereocenters. The first-order chi connectivity index (χ1) is 15.6. The van der Waals surface area contributed by atoms with Crippen LogP contribution < -0.4 is 15.5 Å². The van der Waals surface area contributed by atoms with Gasteiger partial charge in [-0.2, -0.15) is 0 Å². The Bertz CT molecular complexity index is 956. The molecule has 2 aromatic rings. The van der Waals surface area contributed by atoms with Crippen LogP contribution in [0.15, 0.2) is 60.7 Å². The van der Waals surface area contributed by atoms with Crippen LogP contribution in [-0.4, -0.2) is 54.6 Å². The van der Waals surface area contributed by atoms with Crippen LogP contribution >= 0.6 is 0 Å². The van der Waals surface area contributed by atoms with Gasteiger partial charge in [0.1, 0.15) is 5.54 Å². The lowest BCUT2D eigenvalue weighted by Crippen LogP contribution is -2.57. The van der Waals surface area contributed by atoms with Gasteiger partial charge in [0.05, 0.1) is 6.67 Å². The van der Waals surface area contributed by atoms with E-state index in [1.165, 1.54) is 5.56 Å². The highest BCUT2D eigenvalue weighted by molar-refractivity contribution is 5.93. The number of piperidine rings is 1. The van der Waals surface area contributed by atoms with E-state index in [0.29, 0.717) is 12.6 Å². The molecule has 2 aliphatic heterocycles. The number of likely N-dealkylation sites (tertiary alicyclic amines) is 1. The first-order valence-electron chi connectivity index (χ1n) is 11.8. The minimum Gasteiger partial charge on any atom is -0.352 e. The van der Waals surface area contributed by atoms with Crippen molar-refractivity contribution in [2.75, 3.05) is 31.2 Å². The molecule has 2 saturated heterocycles. The van der Waals surface area contributed by atoms with Crippen LogP contribution in [0.1, 0.15) is 37.7 Å². The fourth-order valence-electron chi connectivity index (χ4n) is 5.47. The van der Waals surface area contributed by atoms with Crippen LogP contribution in [0.25, 0.3) is 0 Å². The summed E-state index contributed by atoms with van der Waals surface area (Å²) in [5, 5.41) is 6.28. The van der Waals surface area contributed by atoms with Gasteiger partial charge in [-0.05, 0) is 49.8 Å². The Balaban J connectivity index is 1.13. The molecule has 2 heterocycles. The molecule has 0 unspecified atom stereocenters. The zero-order chi connectivity index (χ0) is 22.1. The number of para-hydroxylation sites is 1. The summed E-state index contributed by atoms with van der Waals surface area (Å²) in [6.45, 7) is 5.18. The summed E-state index contributed by atoms with van der Waals surface area (Å²) in [7, 11) is 0. The fourth-order valence-corrected chi connectivity index (χ4v) is 5.47. The van der Waals surface area contributed by atoms with E-state index in [9.17, 15) is 9.59 Å². The summed E-state index contributed by atoms with van der Waals surface area (Å²) in [6.07, 6.45) is 2.54. The van der Waals surface area contributed by atoms with Crippen molar-refractivity contribution in [1.29, 1.82) is 0 Å². The van der Waals surface area contributed by atoms with Crippen LogP contribution in [0.3, 0.4) is 0 Å². The van der Waals surface area contributed by atoms with Gasteiger partial charge in [0.2, 0.25) is 11.8 Å². The number of nitrogens with zero attached hydrogens (tertiary/aromatic N) is 2. The highest BCUT2D eigenvalue weighted by Crippen LogP contribution is 2.47. The summed E-state index contributed by atoms with van der Waals surface area (Å²) in [5.41, 5.74) is 1.90. The van der Waals surface area contributed by atoms with Crippen LogP contribution in [0.4, 0.5) is 5.69 Å². The second-order valence-corrected chi connectivity index (χ2v) is 9.53. The lowest BCUT2D eigenvalue weighted by molar-refractivity contribution is -0.125. The minimum atomic E-state index is -0.457. The number of anilines is 1. The molecule has 0 bridgehead atoms. The van der Waals surface area contributed by atoms with Crippen molar-refractivity contribution < 1.29 is 9.59 Å². The molecular formula is C26H32N4O2. The number of amides is 2.